The highest BCUT2D eigenvalue weighted by Crippen LogP contribution is 2.49. The Kier molecular flexibility index (Phi) is 5.79. The van der Waals surface area contributed by atoms with E-state index >= 15 is 0 Å². The Morgan fingerprint density at radius 1 is 0.969 bits per heavy atom. The van der Waals surface area contributed by atoms with Gasteiger partial charge in [0.2, 0.25) is 5.91 Å². The van der Waals surface area contributed by atoms with E-state index in [0.717, 1.165) is 0 Å². The molecular weight excluding hydrogens is 425 g/mol. The van der Waals surface area contributed by atoms with Gasteiger partial charge in [0.1, 0.15) is 5.75 Å². The molecule has 1 aromatic heterocycles. The smallest absolute Gasteiger partial charge is 0.422 e. The Bertz CT molecular complexity index is 1020. The van der Waals surface area contributed by atoms with E-state index in [-0.39, 0.29) is 23.8 Å². The van der Waals surface area contributed by atoms with Crippen LogP contribution in [0.1, 0.15) is 32.1 Å². The van der Waals surface area contributed by atoms with Crippen LogP contribution in [0.4, 0.5) is 18.9 Å². The lowest BCUT2D eigenvalue weighted by atomic mass is 9.67. The minimum absolute atomic E-state index is 0.0274. The van der Waals surface area contributed by atoms with E-state index in [9.17, 15) is 27.9 Å². The van der Waals surface area contributed by atoms with Crippen molar-refractivity contribution < 1.29 is 27.8 Å². The summed E-state index contributed by atoms with van der Waals surface area (Å²) >= 11 is 0. The summed E-state index contributed by atoms with van der Waals surface area (Å²) in [6.07, 6.45) is -0.238. The van der Waals surface area contributed by atoms with Gasteiger partial charge in [-0.05, 0) is 62.4 Å². The average Bonchev–Trinajstić information content (AvgIpc) is 3.07. The molecule has 1 amide bonds. The van der Waals surface area contributed by atoms with Gasteiger partial charge in [-0.2, -0.15) is 13.2 Å². The number of anilines is 1. The van der Waals surface area contributed by atoms with Crippen LogP contribution < -0.4 is 15.2 Å². The molecule has 9 heteroatoms. The minimum Gasteiger partial charge on any atom is -0.484 e. The standard InChI is InChI=1S/C23H25F3N2O4/c24-23(25,26)16-32-18-6-4-17(5-7-18)28-14-12-21(20(28)30)8-10-22(31,11-9-21)15-27-13-2-1-3-19(27)29/h1-7,13,31H,8-12,14-16H2/t21-,22-. The van der Waals surface area contributed by atoms with Gasteiger partial charge in [0, 0.05) is 24.5 Å². The number of aromatic nitrogens is 1. The highest BCUT2D eigenvalue weighted by molar-refractivity contribution is 6.00. The summed E-state index contributed by atoms with van der Waals surface area (Å²) in [5, 5.41) is 11.0. The first-order chi connectivity index (χ1) is 15.1. The van der Waals surface area contributed by atoms with Crippen LogP contribution in [0.25, 0.3) is 0 Å². The van der Waals surface area contributed by atoms with Crippen LogP contribution in [0.15, 0.2) is 53.5 Å². The average molecular weight is 450 g/mol. The predicted molar refractivity (Wildman–Crippen MR) is 112 cm³/mol. The Labute approximate surface area is 183 Å². The van der Waals surface area contributed by atoms with Crippen LogP contribution in [0.2, 0.25) is 0 Å². The topological polar surface area (TPSA) is 71.8 Å². The molecule has 1 saturated carbocycles. The first-order valence-corrected chi connectivity index (χ1v) is 10.6. The van der Waals surface area contributed by atoms with Gasteiger partial charge in [-0.25, -0.2) is 0 Å². The molecule has 1 aliphatic carbocycles. The van der Waals surface area contributed by atoms with Crippen molar-refractivity contribution in [3.8, 4) is 5.75 Å². The number of halogens is 3. The van der Waals surface area contributed by atoms with Crippen LogP contribution in [-0.2, 0) is 11.3 Å². The van der Waals surface area contributed by atoms with Crippen LogP contribution in [0.5, 0.6) is 5.75 Å². The Hall–Kier alpha value is -2.81. The van der Waals surface area contributed by atoms with E-state index in [1.165, 1.54) is 22.8 Å². The molecule has 1 saturated heterocycles. The number of hydrogen-bond donors (Lipinski definition) is 1. The van der Waals surface area contributed by atoms with E-state index in [1.54, 1.807) is 35.4 Å². The van der Waals surface area contributed by atoms with Gasteiger partial charge in [0.05, 0.1) is 17.6 Å². The zero-order valence-electron chi connectivity index (χ0n) is 17.5. The van der Waals surface area contributed by atoms with E-state index in [1.807, 2.05) is 0 Å². The van der Waals surface area contributed by atoms with Crippen molar-refractivity contribution in [3.05, 3.63) is 59.0 Å². The number of nitrogens with zero attached hydrogens (tertiary/aromatic N) is 2. The number of carbonyl (C=O) groups is 1. The maximum Gasteiger partial charge on any atom is 0.422 e. The van der Waals surface area contributed by atoms with Crippen molar-refractivity contribution in [2.75, 3.05) is 18.1 Å². The molecule has 32 heavy (non-hydrogen) atoms. The van der Waals surface area contributed by atoms with Gasteiger partial charge in [-0.15, -0.1) is 0 Å². The molecule has 172 valence electrons. The molecule has 2 aromatic rings. The SMILES string of the molecule is O=c1ccccn1C[C@]1(O)CC[C@@]2(CCN(c3ccc(OCC(F)(F)F)cc3)C2=O)CC1. The van der Waals surface area contributed by atoms with Gasteiger partial charge in [-0.1, -0.05) is 6.07 Å². The minimum atomic E-state index is -4.41. The van der Waals surface area contributed by atoms with Crippen molar-refractivity contribution in [2.24, 2.45) is 5.41 Å². The van der Waals surface area contributed by atoms with E-state index in [4.69, 9.17) is 4.74 Å². The summed E-state index contributed by atoms with van der Waals surface area (Å²) in [6, 6.07) is 10.9. The normalized spacial score (nSPS) is 26.0. The molecule has 2 aliphatic rings. The predicted octanol–water partition coefficient (Wildman–Crippen LogP) is 3.52. The largest absolute Gasteiger partial charge is 0.484 e. The van der Waals surface area contributed by atoms with E-state index < -0.39 is 23.8 Å². The second-order valence-electron chi connectivity index (χ2n) is 8.78. The lowest BCUT2D eigenvalue weighted by Gasteiger charge is -2.41. The highest BCUT2D eigenvalue weighted by Gasteiger charge is 2.51. The number of ether oxygens (including phenoxy) is 1. The molecular formula is C23H25F3N2O4. The number of pyridine rings is 1. The number of rotatable bonds is 5. The quantitative estimate of drug-likeness (QED) is 0.757. The lowest BCUT2D eigenvalue weighted by Crippen LogP contribution is -2.46. The third kappa shape index (κ3) is 4.67. The first-order valence-electron chi connectivity index (χ1n) is 10.6. The Morgan fingerprint density at radius 2 is 1.66 bits per heavy atom. The zero-order chi connectivity index (χ0) is 23.0. The monoisotopic (exact) mass is 450 g/mol. The van der Waals surface area contributed by atoms with Crippen LogP contribution in [-0.4, -0.2) is 40.5 Å². The second-order valence-corrected chi connectivity index (χ2v) is 8.78. The van der Waals surface area contributed by atoms with Crippen molar-refractivity contribution in [1.29, 1.82) is 0 Å². The fourth-order valence-corrected chi connectivity index (χ4v) is 4.68. The third-order valence-electron chi connectivity index (χ3n) is 6.57. The molecule has 0 bridgehead atoms. The first kappa shape index (κ1) is 22.4. The summed E-state index contributed by atoms with van der Waals surface area (Å²) in [5.41, 5.74) is -1.16. The molecule has 1 N–H and O–H groups in total. The lowest BCUT2D eigenvalue weighted by molar-refractivity contribution is -0.153. The van der Waals surface area contributed by atoms with Gasteiger partial charge >= 0.3 is 6.18 Å². The van der Waals surface area contributed by atoms with Crippen molar-refractivity contribution in [2.45, 2.75) is 50.4 Å². The number of amides is 1. The van der Waals surface area contributed by atoms with Gasteiger partial charge in [0.25, 0.3) is 5.56 Å². The maximum absolute atomic E-state index is 13.3. The summed E-state index contributed by atoms with van der Waals surface area (Å²) in [7, 11) is 0. The van der Waals surface area contributed by atoms with Gasteiger partial charge in [0.15, 0.2) is 6.61 Å². The Balaban J connectivity index is 1.39. The second kappa shape index (κ2) is 8.27. The molecule has 1 aromatic carbocycles. The number of aliphatic hydroxyl groups is 1. The maximum atomic E-state index is 13.3. The summed E-state index contributed by atoms with van der Waals surface area (Å²) < 4.78 is 43.1. The molecule has 4 rings (SSSR count). The molecule has 6 nitrogen and oxygen atoms in total. The van der Waals surface area contributed by atoms with Gasteiger partial charge in [-0.3, -0.25) is 9.59 Å². The molecule has 0 atom stereocenters. The summed E-state index contributed by atoms with van der Waals surface area (Å²) in [6.45, 7) is -0.658. The van der Waals surface area contributed by atoms with Crippen LogP contribution in [0, 0.1) is 5.41 Å². The summed E-state index contributed by atoms with van der Waals surface area (Å²) in [5.74, 6) is 0.0618. The van der Waals surface area contributed by atoms with Gasteiger partial charge < -0.3 is 19.3 Å². The molecule has 2 fully saturated rings. The number of carbonyl (C=O) groups excluding carboxylic acids is 1. The van der Waals surface area contributed by atoms with Crippen molar-refractivity contribution >= 4 is 11.6 Å². The molecule has 1 aliphatic heterocycles. The number of alkyl halides is 3. The van der Waals surface area contributed by atoms with Crippen molar-refractivity contribution in [3.63, 3.8) is 0 Å². The number of benzene rings is 1. The van der Waals surface area contributed by atoms with E-state index in [0.29, 0.717) is 44.3 Å². The number of hydrogen-bond acceptors (Lipinski definition) is 4. The molecule has 0 radical (unpaired) electrons. The summed E-state index contributed by atoms with van der Waals surface area (Å²) in [4.78, 5) is 26.9. The molecule has 2 heterocycles. The molecule has 0 unspecified atom stereocenters. The highest BCUT2D eigenvalue weighted by atomic mass is 19.4. The van der Waals surface area contributed by atoms with Crippen LogP contribution >= 0.6 is 0 Å². The van der Waals surface area contributed by atoms with E-state index in [2.05, 4.69) is 0 Å². The molecule has 1 spiro atoms. The zero-order valence-corrected chi connectivity index (χ0v) is 17.5. The fourth-order valence-electron chi connectivity index (χ4n) is 4.68. The Morgan fingerprint density at radius 3 is 2.28 bits per heavy atom. The third-order valence-corrected chi connectivity index (χ3v) is 6.57. The van der Waals surface area contributed by atoms with Crippen molar-refractivity contribution in [1.82, 2.24) is 4.57 Å². The fraction of sp³-hybridized carbons (Fsp3) is 0.478. The van der Waals surface area contributed by atoms with Crippen LogP contribution in [0.3, 0.4) is 0 Å².